The van der Waals surface area contributed by atoms with E-state index >= 15 is 0 Å². The number of benzene rings is 1. The second-order valence-electron chi connectivity index (χ2n) is 8.67. The summed E-state index contributed by atoms with van der Waals surface area (Å²) < 4.78 is 5.80. The molecule has 4 rings (SSSR count). The van der Waals surface area contributed by atoms with Gasteiger partial charge in [-0.2, -0.15) is 9.97 Å². The number of aromatic amines is 1. The molecule has 1 fully saturated rings. The number of aromatic nitrogens is 3. The van der Waals surface area contributed by atoms with Crippen molar-refractivity contribution in [3.8, 4) is 5.75 Å². The highest BCUT2D eigenvalue weighted by Gasteiger charge is 2.16. The van der Waals surface area contributed by atoms with Crippen LogP contribution < -0.4 is 15.4 Å². The van der Waals surface area contributed by atoms with E-state index in [4.69, 9.17) is 14.8 Å². The minimum absolute atomic E-state index is 0.244. The average Bonchev–Trinajstić information content (AvgIpc) is 3.41. The number of carbonyl (C=O) groups is 1. The van der Waals surface area contributed by atoms with E-state index in [2.05, 4.69) is 20.6 Å². The van der Waals surface area contributed by atoms with Gasteiger partial charge in [-0.1, -0.05) is 59.8 Å². The molecule has 204 valence electrons. The van der Waals surface area contributed by atoms with E-state index in [-0.39, 0.29) is 6.42 Å². The van der Waals surface area contributed by atoms with E-state index in [9.17, 15) is 4.79 Å². The Hall–Kier alpha value is -3.29. The molecule has 0 amide bonds. The van der Waals surface area contributed by atoms with Gasteiger partial charge in [-0.25, -0.2) is 0 Å². The fourth-order valence-electron chi connectivity index (χ4n) is 4.23. The van der Waals surface area contributed by atoms with Crippen molar-refractivity contribution in [1.82, 2.24) is 15.0 Å². The number of nitrogens with one attached hydrogen (secondary N) is 3. The van der Waals surface area contributed by atoms with E-state index in [1.54, 1.807) is 0 Å². The Morgan fingerprint density at radius 1 is 0.973 bits per heavy atom. The lowest BCUT2D eigenvalue weighted by Gasteiger charge is -2.23. The zero-order chi connectivity index (χ0) is 26.9. The van der Waals surface area contributed by atoms with Gasteiger partial charge in [-0.3, -0.25) is 4.79 Å². The molecule has 0 radical (unpaired) electrons. The zero-order valence-electron chi connectivity index (χ0n) is 23.0. The maximum atomic E-state index is 10.5. The Morgan fingerprint density at radius 3 is 2.38 bits per heavy atom. The van der Waals surface area contributed by atoms with Crippen LogP contribution in [0.4, 0.5) is 17.5 Å². The lowest BCUT2D eigenvalue weighted by molar-refractivity contribution is -0.137. The predicted octanol–water partition coefficient (Wildman–Crippen LogP) is 7.91. The number of anilines is 3. The van der Waals surface area contributed by atoms with Crippen LogP contribution in [0.5, 0.6) is 5.75 Å². The summed E-state index contributed by atoms with van der Waals surface area (Å²) in [6, 6.07) is 10.3. The summed E-state index contributed by atoms with van der Waals surface area (Å²) in [6.45, 7) is 8.63. The quantitative estimate of drug-likeness (QED) is 0.183. The van der Waals surface area contributed by atoms with Gasteiger partial charge in [0.1, 0.15) is 17.2 Å². The van der Waals surface area contributed by atoms with E-state index in [1.807, 2.05) is 64.2 Å². The first-order valence-corrected chi connectivity index (χ1v) is 14.0. The molecule has 0 spiro atoms. The molecule has 2 heterocycles. The number of fused-ring (bicyclic) bond motifs is 1. The van der Waals surface area contributed by atoms with Crippen molar-refractivity contribution in [2.24, 2.45) is 0 Å². The van der Waals surface area contributed by atoms with E-state index in [1.165, 1.54) is 32.1 Å². The number of H-pyrrole nitrogens is 1. The average molecular weight is 512 g/mol. The number of nitrogens with zero attached hydrogens (tertiary/aromatic N) is 2. The second-order valence-corrected chi connectivity index (χ2v) is 8.67. The molecule has 37 heavy (non-hydrogen) atoms. The van der Waals surface area contributed by atoms with Crippen LogP contribution in [0.15, 0.2) is 36.5 Å². The summed E-state index contributed by atoms with van der Waals surface area (Å²) in [4.78, 5) is 23.1. The Balaban J connectivity index is 0.00000115. The van der Waals surface area contributed by atoms with Gasteiger partial charge < -0.3 is 25.5 Å². The molecule has 1 aliphatic carbocycles. The van der Waals surface area contributed by atoms with Gasteiger partial charge in [0.05, 0.1) is 12.0 Å². The van der Waals surface area contributed by atoms with Crippen LogP contribution >= 0.6 is 0 Å². The fraction of sp³-hybridized carbons (Fsp3) is 0.552. The Bertz CT molecular complexity index is 1030. The number of ether oxygens (including phenoxy) is 1. The molecule has 1 saturated carbocycles. The number of hydrogen-bond acceptors (Lipinski definition) is 6. The van der Waals surface area contributed by atoms with Crippen LogP contribution in [-0.2, 0) is 4.79 Å². The van der Waals surface area contributed by atoms with Gasteiger partial charge in [-0.15, -0.1) is 0 Å². The summed E-state index contributed by atoms with van der Waals surface area (Å²) >= 11 is 0. The normalized spacial score (nSPS) is 13.1. The summed E-state index contributed by atoms with van der Waals surface area (Å²) in [5, 5.41) is 16.6. The first-order chi connectivity index (χ1) is 18.2. The maximum Gasteiger partial charge on any atom is 0.303 e. The first-order valence-electron chi connectivity index (χ1n) is 14.0. The standard InChI is InChI=1S/C25H33N5O3.2C2H6/c31-22(32)10-6-1-2-7-17-33-20-13-11-19(12-14-20)28-25-29-23-21(15-16-26-23)24(30-25)27-18-8-4-3-5-9-18;2*1-2/h11-16,18H,1-10,17H2,(H,31,32)(H3,26,27,28,29,30);2*1-2H3. The van der Waals surface area contributed by atoms with E-state index in [0.29, 0.717) is 18.6 Å². The van der Waals surface area contributed by atoms with Crippen molar-refractivity contribution in [1.29, 1.82) is 0 Å². The molecule has 0 atom stereocenters. The van der Waals surface area contributed by atoms with Crippen molar-refractivity contribution < 1.29 is 14.6 Å². The highest BCUT2D eigenvalue weighted by molar-refractivity contribution is 5.88. The van der Waals surface area contributed by atoms with E-state index < -0.39 is 5.97 Å². The van der Waals surface area contributed by atoms with Crippen molar-refractivity contribution in [2.45, 2.75) is 97.9 Å². The van der Waals surface area contributed by atoms with Gasteiger partial charge in [-0.05, 0) is 56.0 Å². The Morgan fingerprint density at radius 2 is 1.68 bits per heavy atom. The number of carboxylic acids is 1. The minimum atomic E-state index is -0.727. The molecule has 1 aromatic carbocycles. The summed E-state index contributed by atoms with van der Waals surface area (Å²) in [5.41, 5.74) is 1.71. The largest absolute Gasteiger partial charge is 0.494 e. The summed E-state index contributed by atoms with van der Waals surface area (Å²) in [5.74, 6) is 1.51. The van der Waals surface area contributed by atoms with Gasteiger partial charge >= 0.3 is 5.97 Å². The van der Waals surface area contributed by atoms with Gasteiger partial charge in [0.15, 0.2) is 0 Å². The smallest absolute Gasteiger partial charge is 0.303 e. The van der Waals surface area contributed by atoms with Crippen molar-refractivity contribution in [3.05, 3.63) is 36.5 Å². The lowest BCUT2D eigenvalue weighted by Crippen LogP contribution is -2.23. The minimum Gasteiger partial charge on any atom is -0.494 e. The molecular weight excluding hydrogens is 466 g/mol. The van der Waals surface area contributed by atoms with Gasteiger partial charge in [0, 0.05) is 24.3 Å². The van der Waals surface area contributed by atoms with Crippen LogP contribution in [-0.4, -0.2) is 38.7 Å². The van der Waals surface area contributed by atoms with Crippen molar-refractivity contribution in [2.75, 3.05) is 17.2 Å². The van der Waals surface area contributed by atoms with Crippen LogP contribution in [0.25, 0.3) is 11.0 Å². The Labute approximate surface area is 221 Å². The molecule has 2 aromatic heterocycles. The number of unbranched alkanes of at least 4 members (excludes halogenated alkanes) is 3. The van der Waals surface area contributed by atoms with Gasteiger partial charge in [0.2, 0.25) is 5.95 Å². The second kappa shape index (κ2) is 17.2. The highest BCUT2D eigenvalue weighted by atomic mass is 16.5. The molecule has 0 saturated heterocycles. The zero-order valence-corrected chi connectivity index (χ0v) is 23.0. The molecule has 4 N–H and O–H groups in total. The summed E-state index contributed by atoms with van der Waals surface area (Å²) in [7, 11) is 0. The molecule has 0 bridgehead atoms. The van der Waals surface area contributed by atoms with E-state index in [0.717, 1.165) is 54.0 Å². The van der Waals surface area contributed by atoms with Crippen LogP contribution in [0, 0.1) is 0 Å². The number of aliphatic carboxylic acids is 1. The Kier molecular flexibility index (Phi) is 13.9. The summed E-state index contributed by atoms with van der Waals surface area (Å²) in [6.07, 6.45) is 11.9. The topological polar surface area (TPSA) is 112 Å². The first kappa shape index (κ1) is 29.9. The number of hydrogen-bond donors (Lipinski definition) is 4. The SMILES string of the molecule is CC.CC.O=C(O)CCCCCCOc1ccc(Nc2nc(NC3CCCCC3)c3cc[nH]c3n2)cc1. The fourth-order valence-corrected chi connectivity index (χ4v) is 4.23. The number of rotatable bonds is 12. The monoisotopic (exact) mass is 511 g/mol. The molecule has 3 aromatic rings. The van der Waals surface area contributed by atoms with Crippen LogP contribution in [0.2, 0.25) is 0 Å². The molecule has 8 heteroatoms. The van der Waals surface area contributed by atoms with Crippen molar-refractivity contribution >= 4 is 34.5 Å². The highest BCUT2D eigenvalue weighted by Crippen LogP contribution is 2.27. The number of carboxylic acid groups (broad SMARTS) is 1. The molecular formula is C29H45N5O3. The lowest BCUT2D eigenvalue weighted by atomic mass is 9.95. The van der Waals surface area contributed by atoms with Crippen LogP contribution in [0.3, 0.4) is 0 Å². The molecule has 0 aliphatic heterocycles. The molecule has 1 aliphatic rings. The van der Waals surface area contributed by atoms with Crippen LogP contribution in [0.1, 0.15) is 91.9 Å². The molecule has 8 nitrogen and oxygen atoms in total. The molecule has 0 unspecified atom stereocenters. The third-order valence-electron chi connectivity index (χ3n) is 6.03. The predicted molar refractivity (Wildman–Crippen MR) is 153 cm³/mol. The maximum absolute atomic E-state index is 10.5. The third kappa shape index (κ3) is 10.3. The van der Waals surface area contributed by atoms with Gasteiger partial charge in [0.25, 0.3) is 0 Å². The third-order valence-corrected chi connectivity index (χ3v) is 6.03. The van der Waals surface area contributed by atoms with Crippen molar-refractivity contribution in [3.63, 3.8) is 0 Å².